The molecule has 1 N–H and O–H groups in total. The van der Waals surface area contributed by atoms with E-state index in [9.17, 15) is 13.2 Å². The minimum Gasteiger partial charge on any atom is -0.311 e. The molecule has 0 fully saturated rings. The van der Waals surface area contributed by atoms with Gasteiger partial charge in [0.05, 0.1) is 5.69 Å². The Bertz CT molecular complexity index is 877. The molecule has 0 atom stereocenters. The number of hydrogen-bond donors (Lipinski definition) is 1. The second-order valence-corrected chi connectivity index (χ2v) is 7.41. The normalized spacial score (nSPS) is 11.6. The van der Waals surface area contributed by atoms with Crippen molar-refractivity contribution < 1.29 is 13.2 Å². The van der Waals surface area contributed by atoms with Crippen molar-refractivity contribution in [1.82, 2.24) is 14.3 Å². The van der Waals surface area contributed by atoms with Crippen LogP contribution in [0.5, 0.6) is 0 Å². The Morgan fingerprint density at radius 2 is 1.84 bits per heavy atom. The molecule has 2 aromatic rings. The summed E-state index contributed by atoms with van der Waals surface area (Å²) >= 11 is 0. The van der Waals surface area contributed by atoms with Crippen LogP contribution in [0.4, 0.5) is 5.82 Å². The molecular weight excluding hydrogens is 340 g/mol. The summed E-state index contributed by atoms with van der Waals surface area (Å²) in [4.78, 5) is 19.7. The van der Waals surface area contributed by atoms with Crippen molar-refractivity contribution >= 4 is 21.7 Å². The molecule has 134 valence electrons. The average molecular weight is 362 g/mol. The largest absolute Gasteiger partial charge is 0.311 e. The molecule has 0 unspecified atom stereocenters. The average Bonchev–Trinajstić information content (AvgIpc) is 2.55. The van der Waals surface area contributed by atoms with Gasteiger partial charge in [0.1, 0.15) is 10.7 Å². The van der Waals surface area contributed by atoms with Gasteiger partial charge in [-0.05, 0) is 30.7 Å². The van der Waals surface area contributed by atoms with E-state index in [1.165, 1.54) is 11.2 Å². The van der Waals surface area contributed by atoms with Gasteiger partial charge in [-0.1, -0.05) is 13.8 Å². The molecule has 1 amide bonds. The molecule has 25 heavy (non-hydrogen) atoms. The maximum atomic E-state index is 12.8. The highest BCUT2D eigenvalue weighted by atomic mass is 32.2. The standard InChI is InChI=1S/C17H22N4O3S/c1-5-21(6-2)25(23,24)16-9-15(11-19-12(16)3)14-7-8-18-17(10-14)20-13(4)22/h7-11H,5-6H2,1-4H3,(H,18,20,22). The fraction of sp³-hybridized carbons (Fsp3) is 0.353. The van der Waals surface area contributed by atoms with Crippen LogP contribution in [0.2, 0.25) is 0 Å². The van der Waals surface area contributed by atoms with Crippen molar-refractivity contribution in [3.63, 3.8) is 0 Å². The van der Waals surface area contributed by atoms with E-state index in [1.54, 1.807) is 51.4 Å². The van der Waals surface area contributed by atoms with Crippen LogP contribution in [-0.2, 0) is 14.8 Å². The highest BCUT2D eigenvalue weighted by Gasteiger charge is 2.24. The quantitative estimate of drug-likeness (QED) is 0.852. The fourth-order valence-corrected chi connectivity index (χ4v) is 4.15. The number of pyridine rings is 2. The van der Waals surface area contributed by atoms with Gasteiger partial charge in [-0.2, -0.15) is 4.31 Å². The molecule has 2 aromatic heterocycles. The number of nitrogens with zero attached hydrogens (tertiary/aromatic N) is 3. The van der Waals surface area contributed by atoms with Gasteiger partial charge in [0.15, 0.2) is 0 Å². The van der Waals surface area contributed by atoms with E-state index in [-0.39, 0.29) is 10.8 Å². The number of nitrogens with one attached hydrogen (secondary N) is 1. The lowest BCUT2D eigenvalue weighted by Gasteiger charge is -2.20. The molecule has 0 aliphatic rings. The van der Waals surface area contributed by atoms with Crippen LogP contribution in [-0.4, -0.2) is 41.7 Å². The Kier molecular flexibility index (Phi) is 5.86. The minimum absolute atomic E-state index is 0.187. The maximum Gasteiger partial charge on any atom is 0.244 e. The lowest BCUT2D eigenvalue weighted by Crippen LogP contribution is -2.31. The van der Waals surface area contributed by atoms with Gasteiger partial charge in [0.2, 0.25) is 15.9 Å². The van der Waals surface area contributed by atoms with Crippen molar-refractivity contribution in [3.8, 4) is 11.1 Å². The van der Waals surface area contributed by atoms with Gasteiger partial charge in [0, 0.05) is 38.0 Å². The molecule has 7 nitrogen and oxygen atoms in total. The summed E-state index contributed by atoms with van der Waals surface area (Å²) in [5.41, 5.74) is 1.82. The first kappa shape index (κ1) is 19.0. The van der Waals surface area contributed by atoms with Crippen LogP contribution in [0.3, 0.4) is 0 Å². The zero-order chi connectivity index (χ0) is 18.6. The Morgan fingerprint density at radius 1 is 1.16 bits per heavy atom. The predicted molar refractivity (Wildman–Crippen MR) is 96.6 cm³/mol. The summed E-state index contributed by atoms with van der Waals surface area (Å²) in [6.45, 7) is 7.47. The number of carbonyl (C=O) groups excluding carboxylic acids is 1. The summed E-state index contributed by atoms with van der Waals surface area (Å²) in [6.07, 6.45) is 3.17. The lowest BCUT2D eigenvalue weighted by atomic mass is 10.1. The van der Waals surface area contributed by atoms with Crippen molar-refractivity contribution in [1.29, 1.82) is 0 Å². The predicted octanol–water partition coefficient (Wildman–Crippen LogP) is 2.44. The summed E-state index contributed by atoms with van der Waals surface area (Å²) in [5, 5.41) is 2.61. The van der Waals surface area contributed by atoms with Crippen LogP contribution < -0.4 is 5.32 Å². The van der Waals surface area contributed by atoms with Gasteiger partial charge in [-0.3, -0.25) is 9.78 Å². The number of anilines is 1. The maximum absolute atomic E-state index is 12.8. The van der Waals surface area contributed by atoms with Gasteiger partial charge >= 0.3 is 0 Å². The van der Waals surface area contributed by atoms with E-state index >= 15 is 0 Å². The Morgan fingerprint density at radius 3 is 2.44 bits per heavy atom. The van der Waals surface area contributed by atoms with Crippen molar-refractivity contribution in [2.24, 2.45) is 0 Å². The zero-order valence-electron chi connectivity index (χ0n) is 14.8. The first-order valence-electron chi connectivity index (χ1n) is 8.00. The smallest absolute Gasteiger partial charge is 0.244 e. The van der Waals surface area contributed by atoms with Crippen LogP contribution in [0.15, 0.2) is 35.5 Å². The fourth-order valence-electron chi connectivity index (χ4n) is 2.49. The molecule has 2 rings (SSSR count). The highest BCUT2D eigenvalue weighted by molar-refractivity contribution is 7.89. The van der Waals surface area contributed by atoms with E-state index in [0.29, 0.717) is 30.2 Å². The SMILES string of the molecule is CCN(CC)S(=O)(=O)c1cc(-c2ccnc(NC(C)=O)c2)cnc1C. The van der Waals surface area contributed by atoms with E-state index < -0.39 is 10.0 Å². The first-order valence-corrected chi connectivity index (χ1v) is 9.44. The second-order valence-electron chi connectivity index (χ2n) is 5.51. The molecule has 0 aliphatic heterocycles. The molecule has 8 heteroatoms. The number of rotatable bonds is 6. The van der Waals surface area contributed by atoms with Crippen LogP contribution in [0.1, 0.15) is 26.5 Å². The molecule has 0 radical (unpaired) electrons. The summed E-state index contributed by atoms with van der Waals surface area (Å²) in [5.74, 6) is 0.176. The number of aryl methyl sites for hydroxylation is 1. The number of hydrogen-bond acceptors (Lipinski definition) is 5. The Hall–Kier alpha value is -2.32. The van der Waals surface area contributed by atoms with Crippen molar-refractivity contribution in [3.05, 3.63) is 36.3 Å². The van der Waals surface area contributed by atoms with Crippen molar-refractivity contribution in [2.45, 2.75) is 32.6 Å². The molecular formula is C17H22N4O3S. The van der Waals surface area contributed by atoms with Gasteiger partial charge in [-0.25, -0.2) is 13.4 Å². The molecule has 0 aromatic carbocycles. The van der Waals surface area contributed by atoms with Crippen LogP contribution >= 0.6 is 0 Å². The highest BCUT2D eigenvalue weighted by Crippen LogP contribution is 2.26. The van der Waals surface area contributed by atoms with Gasteiger partial charge < -0.3 is 5.32 Å². The molecule has 0 spiro atoms. The Balaban J connectivity index is 2.51. The molecule has 0 saturated heterocycles. The second kappa shape index (κ2) is 7.71. The summed E-state index contributed by atoms with van der Waals surface area (Å²) < 4.78 is 27.1. The molecule has 0 saturated carbocycles. The topological polar surface area (TPSA) is 92.3 Å². The summed E-state index contributed by atoms with van der Waals surface area (Å²) in [6, 6.07) is 5.04. The lowest BCUT2D eigenvalue weighted by molar-refractivity contribution is -0.114. The van der Waals surface area contributed by atoms with E-state index in [1.807, 2.05) is 0 Å². The number of amides is 1. The van der Waals surface area contributed by atoms with Crippen LogP contribution in [0, 0.1) is 6.92 Å². The number of aromatic nitrogens is 2. The molecule has 0 aliphatic carbocycles. The van der Waals surface area contributed by atoms with Crippen molar-refractivity contribution in [2.75, 3.05) is 18.4 Å². The van der Waals surface area contributed by atoms with Gasteiger partial charge in [-0.15, -0.1) is 0 Å². The zero-order valence-corrected chi connectivity index (χ0v) is 15.6. The molecule has 0 bridgehead atoms. The van der Waals surface area contributed by atoms with E-state index in [2.05, 4.69) is 15.3 Å². The third-order valence-corrected chi connectivity index (χ3v) is 5.93. The van der Waals surface area contributed by atoms with Crippen LogP contribution in [0.25, 0.3) is 11.1 Å². The third kappa shape index (κ3) is 4.21. The third-order valence-electron chi connectivity index (χ3n) is 3.76. The van der Waals surface area contributed by atoms with E-state index in [0.717, 1.165) is 5.56 Å². The van der Waals surface area contributed by atoms with Gasteiger partial charge in [0.25, 0.3) is 0 Å². The van der Waals surface area contributed by atoms with E-state index in [4.69, 9.17) is 0 Å². The number of sulfonamides is 1. The molecule has 2 heterocycles. The monoisotopic (exact) mass is 362 g/mol. The Labute approximate surface area is 148 Å². The minimum atomic E-state index is -3.61. The number of carbonyl (C=O) groups is 1. The first-order chi connectivity index (χ1) is 11.8. The summed E-state index contributed by atoms with van der Waals surface area (Å²) in [7, 11) is -3.61.